The van der Waals surface area contributed by atoms with Gasteiger partial charge in [0.2, 0.25) is 0 Å². The van der Waals surface area contributed by atoms with Crippen LogP contribution in [0, 0.1) is 5.92 Å². The molecule has 6 nitrogen and oxygen atoms in total. The summed E-state index contributed by atoms with van der Waals surface area (Å²) in [7, 11) is 0. The van der Waals surface area contributed by atoms with E-state index in [2.05, 4.69) is 59.5 Å². The summed E-state index contributed by atoms with van der Waals surface area (Å²) in [6, 6.07) is 16.4. The fourth-order valence-corrected chi connectivity index (χ4v) is 4.50. The minimum Gasteiger partial charge on any atom is -0.367 e. The molecule has 34 heavy (non-hydrogen) atoms. The Morgan fingerprint density at radius 3 is 2.62 bits per heavy atom. The van der Waals surface area contributed by atoms with Crippen molar-refractivity contribution in [3.8, 4) is 22.5 Å². The van der Waals surface area contributed by atoms with Gasteiger partial charge in [0.1, 0.15) is 0 Å². The Kier molecular flexibility index (Phi) is 6.28. The van der Waals surface area contributed by atoms with E-state index in [1.54, 1.807) is 11.8 Å². The van der Waals surface area contributed by atoms with Crippen molar-refractivity contribution in [3.63, 3.8) is 0 Å². The summed E-state index contributed by atoms with van der Waals surface area (Å²) >= 11 is 1.71. The van der Waals surface area contributed by atoms with E-state index in [-0.39, 0.29) is 5.91 Å². The molecular weight excluding hydrogens is 442 g/mol. The number of nitrogens with zero attached hydrogens (tertiary/aromatic N) is 3. The van der Waals surface area contributed by atoms with Crippen molar-refractivity contribution < 1.29 is 4.79 Å². The minimum absolute atomic E-state index is 0.00692. The lowest BCUT2D eigenvalue weighted by Gasteiger charge is -2.14. The highest BCUT2D eigenvalue weighted by Gasteiger charge is 2.24. The molecule has 5 rings (SSSR count). The summed E-state index contributed by atoms with van der Waals surface area (Å²) in [6.45, 7) is 5.16. The number of hydrogen-bond donors (Lipinski definition) is 2. The molecule has 0 aliphatic heterocycles. The van der Waals surface area contributed by atoms with Gasteiger partial charge in [0.15, 0.2) is 11.5 Å². The van der Waals surface area contributed by atoms with Gasteiger partial charge < -0.3 is 10.6 Å². The van der Waals surface area contributed by atoms with Crippen LogP contribution >= 0.6 is 11.8 Å². The van der Waals surface area contributed by atoms with Crippen molar-refractivity contribution >= 4 is 29.1 Å². The summed E-state index contributed by atoms with van der Waals surface area (Å²) in [6.07, 6.45) is 8.17. The number of nitrogens with one attached hydrogen (secondary N) is 2. The summed E-state index contributed by atoms with van der Waals surface area (Å²) in [5.74, 6) is 1.24. The van der Waals surface area contributed by atoms with E-state index in [0.717, 1.165) is 53.4 Å². The third-order valence-corrected chi connectivity index (χ3v) is 6.70. The quantitative estimate of drug-likeness (QED) is 0.320. The van der Waals surface area contributed by atoms with Crippen LogP contribution in [0.3, 0.4) is 0 Å². The van der Waals surface area contributed by atoms with Gasteiger partial charge in [-0.3, -0.25) is 9.20 Å². The van der Waals surface area contributed by atoms with Crippen molar-refractivity contribution in [3.05, 3.63) is 66.5 Å². The van der Waals surface area contributed by atoms with Crippen LogP contribution in [0.1, 0.15) is 37.0 Å². The highest BCUT2D eigenvalue weighted by molar-refractivity contribution is 7.98. The van der Waals surface area contributed by atoms with E-state index in [1.807, 2.05) is 36.5 Å². The highest BCUT2D eigenvalue weighted by atomic mass is 32.2. The SMILES string of the molecule is CSc1ccccc1-c1cn2c(-c3ccc(C(=O)NC4CC4)cc3)cnc2c(NCC(C)C)n1. The second-order valence-corrected chi connectivity index (χ2v) is 9.96. The van der Waals surface area contributed by atoms with Gasteiger partial charge in [-0.1, -0.05) is 44.2 Å². The number of hydrogen-bond acceptors (Lipinski definition) is 5. The molecule has 2 aromatic heterocycles. The Hall–Kier alpha value is -3.32. The van der Waals surface area contributed by atoms with E-state index in [0.29, 0.717) is 17.5 Å². The standard InChI is InChI=1S/C27H29N5OS/c1-17(2)14-28-25-26-29-15-23(18-8-10-19(11-9-18)27(33)30-20-12-13-20)32(26)16-22(31-25)21-6-4-5-7-24(21)34-3/h4-11,15-17,20H,12-14H2,1-3H3,(H,28,31)(H,30,33). The van der Waals surface area contributed by atoms with Crippen LogP contribution in [0.5, 0.6) is 0 Å². The number of fused-ring (bicyclic) bond motifs is 1. The van der Waals surface area contributed by atoms with Crippen molar-refractivity contribution in [1.29, 1.82) is 0 Å². The number of carbonyl (C=O) groups is 1. The Morgan fingerprint density at radius 1 is 1.15 bits per heavy atom. The summed E-state index contributed by atoms with van der Waals surface area (Å²) in [4.78, 5) is 23.2. The molecule has 1 saturated carbocycles. The number of anilines is 1. The van der Waals surface area contributed by atoms with Crippen molar-refractivity contribution in [2.75, 3.05) is 18.1 Å². The van der Waals surface area contributed by atoms with Crippen molar-refractivity contribution in [2.45, 2.75) is 37.6 Å². The molecule has 1 aliphatic rings. The summed E-state index contributed by atoms with van der Waals surface area (Å²) < 4.78 is 2.10. The molecule has 1 amide bonds. The van der Waals surface area contributed by atoms with Crippen LogP contribution in [0.2, 0.25) is 0 Å². The average molecular weight is 472 g/mol. The Balaban J connectivity index is 1.57. The van der Waals surface area contributed by atoms with E-state index < -0.39 is 0 Å². The smallest absolute Gasteiger partial charge is 0.251 e. The summed E-state index contributed by atoms with van der Waals surface area (Å²) in [5.41, 5.74) is 5.42. The van der Waals surface area contributed by atoms with E-state index in [4.69, 9.17) is 9.97 Å². The number of thioether (sulfide) groups is 1. The summed E-state index contributed by atoms with van der Waals surface area (Å²) in [5, 5.41) is 6.54. The van der Waals surface area contributed by atoms with Crippen LogP contribution in [0.4, 0.5) is 5.82 Å². The first-order valence-electron chi connectivity index (χ1n) is 11.7. The Bertz CT molecular complexity index is 1320. The fraction of sp³-hybridized carbons (Fsp3) is 0.296. The molecule has 4 aromatic rings. The van der Waals surface area contributed by atoms with Crippen molar-refractivity contribution in [1.82, 2.24) is 19.7 Å². The normalized spacial score (nSPS) is 13.4. The molecule has 0 saturated heterocycles. The number of benzene rings is 2. The molecule has 0 radical (unpaired) electrons. The lowest BCUT2D eigenvalue weighted by molar-refractivity contribution is 0.0951. The second-order valence-electron chi connectivity index (χ2n) is 9.11. The van der Waals surface area contributed by atoms with Crippen LogP contribution in [-0.4, -0.2) is 39.1 Å². The molecule has 0 spiro atoms. The zero-order valence-electron chi connectivity index (χ0n) is 19.7. The Labute approximate surface area is 204 Å². The molecule has 7 heteroatoms. The first-order chi connectivity index (χ1) is 16.5. The molecule has 0 unspecified atom stereocenters. The van der Waals surface area contributed by atoms with Crippen molar-refractivity contribution in [2.24, 2.45) is 5.92 Å². The molecule has 1 aliphatic carbocycles. The molecule has 174 valence electrons. The number of aromatic nitrogens is 3. The predicted octanol–water partition coefficient (Wildman–Crippen LogP) is 5.75. The molecule has 2 heterocycles. The highest BCUT2D eigenvalue weighted by Crippen LogP contribution is 2.32. The maximum absolute atomic E-state index is 12.4. The minimum atomic E-state index is -0.00692. The van der Waals surface area contributed by atoms with Crippen LogP contribution in [0.15, 0.2) is 65.8 Å². The lowest BCUT2D eigenvalue weighted by atomic mass is 10.1. The first kappa shape index (κ1) is 22.5. The molecule has 0 atom stereocenters. The van der Waals surface area contributed by atoms with Gasteiger partial charge in [-0.25, -0.2) is 9.97 Å². The zero-order valence-corrected chi connectivity index (χ0v) is 20.5. The van der Waals surface area contributed by atoms with Gasteiger partial charge in [-0.2, -0.15) is 0 Å². The number of imidazole rings is 1. The van der Waals surface area contributed by atoms with Crippen LogP contribution < -0.4 is 10.6 Å². The topological polar surface area (TPSA) is 71.3 Å². The number of rotatable bonds is 8. The third-order valence-electron chi connectivity index (χ3n) is 5.91. The van der Waals surface area contributed by atoms with Gasteiger partial charge in [0.05, 0.1) is 17.6 Å². The first-order valence-corrected chi connectivity index (χ1v) is 12.9. The van der Waals surface area contributed by atoms with Gasteiger partial charge in [-0.05, 0) is 43.2 Å². The largest absolute Gasteiger partial charge is 0.367 e. The van der Waals surface area contributed by atoms with Crippen LogP contribution in [-0.2, 0) is 0 Å². The van der Waals surface area contributed by atoms with E-state index >= 15 is 0 Å². The van der Waals surface area contributed by atoms with E-state index in [1.165, 1.54) is 4.90 Å². The maximum atomic E-state index is 12.4. The van der Waals surface area contributed by atoms with Gasteiger partial charge in [0, 0.05) is 40.4 Å². The molecular formula is C27H29N5OS. The molecule has 1 fully saturated rings. The van der Waals surface area contributed by atoms with Gasteiger partial charge in [-0.15, -0.1) is 11.8 Å². The van der Waals surface area contributed by atoms with Gasteiger partial charge in [0.25, 0.3) is 5.91 Å². The zero-order chi connectivity index (χ0) is 23.7. The van der Waals surface area contributed by atoms with Gasteiger partial charge >= 0.3 is 0 Å². The maximum Gasteiger partial charge on any atom is 0.251 e. The van der Waals surface area contributed by atoms with Crippen LogP contribution in [0.25, 0.3) is 28.2 Å². The monoisotopic (exact) mass is 471 g/mol. The predicted molar refractivity (Wildman–Crippen MR) is 139 cm³/mol. The molecule has 2 aromatic carbocycles. The second kappa shape index (κ2) is 9.50. The lowest BCUT2D eigenvalue weighted by Crippen LogP contribution is -2.25. The number of carbonyl (C=O) groups excluding carboxylic acids is 1. The number of amides is 1. The average Bonchev–Trinajstić information content (AvgIpc) is 3.57. The molecule has 0 bridgehead atoms. The third kappa shape index (κ3) is 4.66. The Morgan fingerprint density at radius 2 is 1.91 bits per heavy atom. The molecule has 2 N–H and O–H groups in total. The van der Waals surface area contributed by atoms with E-state index in [9.17, 15) is 4.79 Å². The fourth-order valence-electron chi connectivity index (χ4n) is 3.90.